The molecule has 2 aromatic rings. The molecule has 1 heterocycles. The van der Waals surface area contributed by atoms with Crippen molar-refractivity contribution >= 4 is 34.4 Å². The smallest absolute Gasteiger partial charge is 0.326 e. The lowest BCUT2D eigenvalue weighted by Crippen LogP contribution is -2.44. The molecule has 22 heavy (non-hydrogen) atoms. The molecule has 1 fully saturated rings. The van der Waals surface area contributed by atoms with Crippen LogP contribution >= 0.6 is 11.6 Å². The second-order valence-corrected chi connectivity index (χ2v) is 6.09. The Bertz CT molecular complexity index is 763. The van der Waals surface area contributed by atoms with Crippen molar-refractivity contribution in [3.63, 3.8) is 0 Å². The highest BCUT2D eigenvalue weighted by Gasteiger charge is 2.40. The topological polar surface area (TPSA) is 70.8 Å². The molecule has 1 aliphatic carbocycles. The Kier molecular flexibility index (Phi) is 3.60. The van der Waals surface area contributed by atoms with Gasteiger partial charge in [0.2, 0.25) is 0 Å². The summed E-state index contributed by atoms with van der Waals surface area (Å²) in [5.41, 5.74) is 1.26. The van der Waals surface area contributed by atoms with E-state index in [2.05, 4.69) is 0 Å². The molecule has 1 aliphatic rings. The number of carbonyl (C=O) groups is 2. The summed E-state index contributed by atoms with van der Waals surface area (Å²) in [6.45, 7) is 3.30. The van der Waals surface area contributed by atoms with Crippen LogP contribution in [-0.4, -0.2) is 34.0 Å². The number of carboxylic acid groups (broad SMARTS) is 1. The fraction of sp³-hybridized carbons (Fsp3) is 0.375. The molecule has 0 saturated heterocycles. The van der Waals surface area contributed by atoms with Crippen LogP contribution in [0.1, 0.15) is 35.9 Å². The maximum absolute atomic E-state index is 12.8. The van der Waals surface area contributed by atoms with Crippen LogP contribution in [0.4, 0.5) is 0 Å². The average Bonchev–Trinajstić information content (AvgIpc) is 3.24. The van der Waals surface area contributed by atoms with E-state index in [-0.39, 0.29) is 17.7 Å². The average molecular weight is 322 g/mol. The molecule has 1 amide bonds. The van der Waals surface area contributed by atoms with E-state index < -0.39 is 12.0 Å². The van der Waals surface area contributed by atoms with Gasteiger partial charge in [-0.1, -0.05) is 11.6 Å². The standard InChI is InChI=1S/C16H16ClNO4/c1-8-12-7-10(17)3-6-13(12)22-14(8)15(19)18(11-4-5-11)9(2)16(20)21/h3,6-7,9,11H,4-5H2,1-2H3,(H,20,21). The zero-order valence-corrected chi connectivity index (χ0v) is 13.1. The first-order chi connectivity index (χ1) is 10.4. The number of carboxylic acids is 1. The quantitative estimate of drug-likeness (QED) is 0.936. The summed E-state index contributed by atoms with van der Waals surface area (Å²) >= 11 is 5.98. The van der Waals surface area contributed by atoms with E-state index >= 15 is 0 Å². The van der Waals surface area contributed by atoms with Crippen molar-refractivity contribution in [1.82, 2.24) is 4.90 Å². The highest BCUT2D eigenvalue weighted by Crippen LogP contribution is 2.33. The zero-order chi connectivity index (χ0) is 16.0. The van der Waals surface area contributed by atoms with E-state index in [4.69, 9.17) is 16.0 Å². The largest absolute Gasteiger partial charge is 0.480 e. The van der Waals surface area contributed by atoms with Crippen LogP contribution < -0.4 is 0 Å². The maximum atomic E-state index is 12.8. The molecular weight excluding hydrogens is 306 g/mol. The highest BCUT2D eigenvalue weighted by atomic mass is 35.5. The lowest BCUT2D eigenvalue weighted by atomic mass is 10.1. The molecule has 116 valence electrons. The van der Waals surface area contributed by atoms with Crippen LogP contribution in [0.5, 0.6) is 0 Å². The van der Waals surface area contributed by atoms with Crippen LogP contribution in [0, 0.1) is 6.92 Å². The van der Waals surface area contributed by atoms with E-state index in [1.165, 1.54) is 11.8 Å². The fourth-order valence-corrected chi connectivity index (χ4v) is 2.82. The number of furan rings is 1. The van der Waals surface area contributed by atoms with Crippen LogP contribution in [-0.2, 0) is 4.79 Å². The molecule has 1 aromatic heterocycles. The maximum Gasteiger partial charge on any atom is 0.326 e. The summed E-state index contributed by atoms with van der Waals surface area (Å²) in [6.07, 6.45) is 1.66. The highest BCUT2D eigenvalue weighted by molar-refractivity contribution is 6.31. The van der Waals surface area contributed by atoms with Crippen LogP contribution in [0.15, 0.2) is 22.6 Å². The number of rotatable bonds is 4. The molecule has 1 atom stereocenters. The van der Waals surface area contributed by atoms with Crippen molar-refractivity contribution < 1.29 is 19.1 Å². The fourth-order valence-electron chi connectivity index (χ4n) is 2.64. The third-order valence-electron chi connectivity index (χ3n) is 4.04. The number of aryl methyl sites for hydroxylation is 1. The second-order valence-electron chi connectivity index (χ2n) is 5.65. The van der Waals surface area contributed by atoms with Crippen molar-refractivity contribution in [3.05, 3.63) is 34.5 Å². The van der Waals surface area contributed by atoms with Gasteiger partial charge in [-0.2, -0.15) is 0 Å². The number of carbonyl (C=O) groups excluding carboxylic acids is 1. The lowest BCUT2D eigenvalue weighted by Gasteiger charge is -2.25. The molecule has 1 N–H and O–H groups in total. The number of fused-ring (bicyclic) bond motifs is 1. The number of halogens is 1. The minimum Gasteiger partial charge on any atom is -0.480 e. The molecule has 0 spiro atoms. The van der Waals surface area contributed by atoms with Crippen LogP contribution in [0.3, 0.4) is 0 Å². The Morgan fingerprint density at radius 1 is 1.41 bits per heavy atom. The van der Waals surface area contributed by atoms with Crippen molar-refractivity contribution in [2.45, 2.75) is 38.8 Å². The second kappa shape index (κ2) is 5.32. The molecule has 1 aromatic carbocycles. The minimum atomic E-state index is -1.02. The first kappa shape index (κ1) is 14.9. The summed E-state index contributed by atoms with van der Waals surface area (Å²) in [5, 5.41) is 10.6. The first-order valence-electron chi connectivity index (χ1n) is 7.14. The van der Waals surface area contributed by atoms with E-state index in [1.807, 2.05) is 0 Å². The van der Waals surface area contributed by atoms with Gasteiger partial charge in [0.05, 0.1) is 0 Å². The van der Waals surface area contributed by atoms with Gasteiger partial charge < -0.3 is 14.4 Å². The van der Waals surface area contributed by atoms with Crippen molar-refractivity contribution in [1.29, 1.82) is 0 Å². The molecule has 0 aliphatic heterocycles. The van der Waals surface area contributed by atoms with Gasteiger partial charge in [-0.3, -0.25) is 4.79 Å². The minimum absolute atomic E-state index is 0.0187. The van der Waals surface area contributed by atoms with Crippen LogP contribution in [0.25, 0.3) is 11.0 Å². The van der Waals surface area contributed by atoms with Gasteiger partial charge in [0.1, 0.15) is 11.6 Å². The van der Waals surface area contributed by atoms with Gasteiger partial charge in [0.15, 0.2) is 5.76 Å². The van der Waals surface area contributed by atoms with E-state index in [0.29, 0.717) is 16.2 Å². The molecule has 1 unspecified atom stereocenters. The van der Waals surface area contributed by atoms with Crippen molar-refractivity contribution in [2.75, 3.05) is 0 Å². The predicted octanol–water partition coefficient (Wildman–Crippen LogP) is 3.47. The molecule has 0 bridgehead atoms. The zero-order valence-electron chi connectivity index (χ0n) is 12.3. The molecule has 0 radical (unpaired) electrons. The van der Waals surface area contributed by atoms with Gasteiger partial charge in [-0.05, 0) is 44.9 Å². The number of benzene rings is 1. The van der Waals surface area contributed by atoms with Crippen LogP contribution in [0.2, 0.25) is 5.02 Å². The normalized spacial score (nSPS) is 15.8. The SMILES string of the molecule is Cc1c(C(=O)N(C2CC2)C(C)C(=O)O)oc2ccc(Cl)cc12. The molecule has 5 nitrogen and oxygen atoms in total. The number of hydrogen-bond acceptors (Lipinski definition) is 3. The summed E-state index contributed by atoms with van der Waals surface area (Å²) in [6, 6.07) is 4.25. The number of nitrogens with zero attached hydrogens (tertiary/aromatic N) is 1. The Labute approximate surface area is 132 Å². The van der Waals surface area contributed by atoms with Gasteiger partial charge in [0, 0.05) is 22.0 Å². The Morgan fingerprint density at radius 2 is 2.09 bits per heavy atom. The van der Waals surface area contributed by atoms with Gasteiger partial charge in [-0.25, -0.2) is 4.79 Å². The Morgan fingerprint density at radius 3 is 2.68 bits per heavy atom. The van der Waals surface area contributed by atoms with E-state index in [0.717, 1.165) is 18.2 Å². The van der Waals surface area contributed by atoms with Crippen molar-refractivity contribution in [3.8, 4) is 0 Å². The monoisotopic (exact) mass is 321 g/mol. The molecule has 1 saturated carbocycles. The molecule has 3 rings (SSSR count). The summed E-state index contributed by atoms with van der Waals surface area (Å²) in [7, 11) is 0. The third-order valence-corrected chi connectivity index (χ3v) is 4.28. The van der Waals surface area contributed by atoms with Gasteiger partial charge >= 0.3 is 5.97 Å². The van der Waals surface area contributed by atoms with Gasteiger partial charge in [-0.15, -0.1) is 0 Å². The number of aliphatic carboxylic acids is 1. The Hall–Kier alpha value is -2.01. The summed E-state index contributed by atoms with van der Waals surface area (Å²) < 4.78 is 5.66. The van der Waals surface area contributed by atoms with E-state index in [9.17, 15) is 14.7 Å². The predicted molar refractivity (Wildman–Crippen MR) is 82.3 cm³/mol. The third kappa shape index (κ3) is 2.46. The summed E-state index contributed by atoms with van der Waals surface area (Å²) in [5.74, 6) is -1.20. The summed E-state index contributed by atoms with van der Waals surface area (Å²) in [4.78, 5) is 25.5. The van der Waals surface area contributed by atoms with Crippen molar-refractivity contribution in [2.24, 2.45) is 0 Å². The number of amides is 1. The first-order valence-corrected chi connectivity index (χ1v) is 7.52. The molecule has 6 heteroatoms. The molecular formula is C16H16ClNO4. The van der Waals surface area contributed by atoms with E-state index in [1.54, 1.807) is 25.1 Å². The van der Waals surface area contributed by atoms with Gasteiger partial charge in [0.25, 0.3) is 5.91 Å². The number of hydrogen-bond donors (Lipinski definition) is 1. The Balaban J connectivity index is 2.03. The lowest BCUT2D eigenvalue weighted by molar-refractivity contribution is -0.141.